The summed E-state index contributed by atoms with van der Waals surface area (Å²) < 4.78 is 42.7. The molecule has 30 nitrogen and oxygen atoms in total. The van der Waals surface area contributed by atoms with Crippen LogP contribution in [0.2, 0.25) is 0 Å². The minimum Gasteiger partial charge on any atom is -0.507 e. The predicted molar refractivity (Wildman–Crippen MR) is 267 cm³/mol. The maximum Gasteiger partial charge on any atom is 0.340 e. The number of esters is 5. The number of ketones is 1. The summed E-state index contributed by atoms with van der Waals surface area (Å²) in [6, 6.07) is 5.15. The van der Waals surface area contributed by atoms with Gasteiger partial charge in [-0.2, -0.15) is 0 Å². The highest BCUT2D eigenvalue weighted by molar-refractivity contribution is 6.22. The van der Waals surface area contributed by atoms with E-state index in [1.807, 2.05) is 0 Å². The van der Waals surface area contributed by atoms with Crippen LogP contribution in [0.25, 0.3) is 27.8 Å². The van der Waals surface area contributed by atoms with E-state index in [4.69, 9.17) is 33.2 Å². The van der Waals surface area contributed by atoms with Gasteiger partial charge in [0.05, 0.1) is 34.3 Å². The standard InChI is InChI=1S/C55H36O30/c56-15-2-1-10(3-17(15)58)44-21(62)4-11-16(57)8-22-27(45(11)81-44)32-47-48-46-23(9-79-50(74)12-5-18(59)34(63)37(66)24(12)25-13(52(76)82-46)6-19(60)35(64)38(25)67)80-51(75)14-7-20(61)36(65)39(68)26(14)28-30(53(77)84-48)29(41(70)43(72)40(28)69)31-33(54(78)83-47)55(32,85-22)49(73)42(31)71/h1-3,5-8,21,23,32-33,44,46-48,56-72H,4,9H2/t21-,23?,32?,33?,44+,46?,47?,48?,55?/m0/s1. The molecule has 0 radical (unpaired) electrons. The maximum absolute atomic E-state index is 15.8. The van der Waals surface area contributed by atoms with E-state index in [9.17, 15) is 91.6 Å². The summed E-state index contributed by atoms with van der Waals surface area (Å²) in [7, 11) is 0. The number of Topliss-reactive ketones (excluding diaryl/α,β-unsaturated/α-hetero) is 1. The van der Waals surface area contributed by atoms with Gasteiger partial charge < -0.3 is 120 Å². The van der Waals surface area contributed by atoms with Gasteiger partial charge in [0.15, 0.2) is 87.7 Å². The Bertz CT molecular complexity index is 4230. The molecule has 14 rings (SSSR count). The van der Waals surface area contributed by atoms with Crippen LogP contribution >= 0.6 is 0 Å². The van der Waals surface area contributed by atoms with Gasteiger partial charge in [0, 0.05) is 57.0 Å². The van der Waals surface area contributed by atoms with Crippen molar-refractivity contribution in [1.29, 1.82) is 0 Å². The zero-order chi connectivity index (χ0) is 60.8. The number of ether oxygens (including phenoxy) is 7. The van der Waals surface area contributed by atoms with Crippen LogP contribution in [0.3, 0.4) is 0 Å². The second-order valence-electron chi connectivity index (χ2n) is 20.5. The van der Waals surface area contributed by atoms with Crippen LogP contribution in [0.4, 0.5) is 0 Å². The number of fused-ring (bicyclic) bond motifs is 10. The Hall–Kier alpha value is -11.6. The molecule has 17 N–H and O–H groups in total. The molecular weight excluding hydrogens is 1140 g/mol. The molecule has 0 aromatic heterocycles. The number of benzene rings is 6. The number of aromatic hydroxyl groups is 15. The van der Waals surface area contributed by atoms with Gasteiger partial charge in [-0.1, -0.05) is 6.07 Å². The summed E-state index contributed by atoms with van der Waals surface area (Å²) in [6.07, 6.45) is -14.9. The minimum atomic E-state index is -3.14. The fourth-order valence-electron chi connectivity index (χ4n) is 12.4. The molecule has 0 amide bonds. The first-order chi connectivity index (χ1) is 40.2. The van der Waals surface area contributed by atoms with Crippen molar-refractivity contribution in [1.82, 2.24) is 0 Å². The Morgan fingerprint density at radius 3 is 1.60 bits per heavy atom. The van der Waals surface area contributed by atoms with Crippen LogP contribution in [0.5, 0.6) is 97.7 Å². The van der Waals surface area contributed by atoms with Gasteiger partial charge in [-0.25, -0.2) is 19.2 Å². The molecule has 1 saturated heterocycles. The number of aliphatic hydroxyl groups excluding tert-OH is 2. The second kappa shape index (κ2) is 17.5. The average Bonchev–Trinajstić information content (AvgIpc) is 1.52. The van der Waals surface area contributed by atoms with Crippen LogP contribution < -0.4 is 9.47 Å². The van der Waals surface area contributed by atoms with Gasteiger partial charge in [-0.05, 0) is 35.9 Å². The molecule has 6 bridgehead atoms. The van der Waals surface area contributed by atoms with Crippen LogP contribution in [0, 0.1) is 5.92 Å². The van der Waals surface area contributed by atoms with Crippen LogP contribution in [0.1, 0.15) is 75.7 Å². The van der Waals surface area contributed by atoms with Gasteiger partial charge in [0.1, 0.15) is 35.9 Å². The number of rotatable bonds is 1. The normalized spacial score (nSPS) is 25.0. The molecule has 0 saturated carbocycles. The zero-order valence-electron chi connectivity index (χ0n) is 42.0. The predicted octanol–water partition coefficient (Wildman–Crippen LogP) is 2.42. The lowest BCUT2D eigenvalue weighted by Gasteiger charge is -2.47. The highest BCUT2D eigenvalue weighted by Gasteiger charge is 2.76. The average molecular weight is 1180 g/mol. The van der Waals surface area contributed by atoms with Crippen molar-refractivity contribution in [2.75, 3.05) is 6.61 Å². The lowest BCUT2D eigenvalue weighted by atomic mass is 9.66. The zero-order valence-corrected chi connectivity index (χ0v) is 42.0. The van der Waals surface area contributed by atoms with Gasteiger partial charge >= 0.3 is 29.8 Å². The van der Waals surface area contributed by atoms with Crippen LogP contribution in [0.15, 0.2) is 48.2 Å². The van der Waals surface area contributed by atoms with Crippen molar-refractivity contribution in [2.24, 2.45) is 5.92 Å². The molecule has 85 heavy (non-hydrogen) atoms. The van der Waals surface area contributed by atoms with Crippen molar-refractivity contribution in [2.45, 2.75) is 54.6 Å². The van der Waals surface area contributed by atoms with E-state index >= 15 is 24.0 Å². The third kappa shape index (κ3) is 6.83. The van der Waals surface area contributed by atoms with Crippen LogP contribution in [-0.2, 0) is 39.7 Å². The van der Waals surface area contributed by atoms with Gasteiger partial charge in [-0.15, -0.1) is 0 Å². The molecule has 436 valence electrons. The molecule has 1 aliphatic carbocycles. The monoisotopic (exact) mass is 1180 g/mol. The highest BCUT2D eigenvalue weighted by atomic mass is 16.6. The Labute approximate surface area is 468 Å². The van der Waals surface area contributed by atoms with E-state index in [-0.39, 0.29) is 11.1 Å². The fraction of sp³-hybridized carbons (Fsp3) is 0.200. The first-order valence-electron chi connectivity index (χ1n) is 24.8. The molecule has 6 aromatic carbocycles. The first kappa shape index (κ1) is 52.8. The topological polar surface area (TPSA) is 511 Å². The lowest BCUT2D eigenvalue weighted by Crippen LogP contribution is -2.65. The quantitative estimate of drug-likeness (QED) is 0.0638. The number of aliphatic hydroxyl groups is 2. The largest absolute Gasteiger partial charge is 0.507 e. The molecule has 1 fully saturated rings. The Morgan fingerprint density at radius 1 is 0.459 bits per heavy atom. The molecule has 6 aromatic rings. The summed E-state index contributed by atoms with van der Waals surface area (Å²) in [6.45, 7) is -1.57. The molecule has 7 heterocycles. The van der Waals surface area contributed by atoms with Crippen molar-refractivity contribution in [3.63, 3.8) is 0 Å². The number of hydrogen-bond donors (Lipinski definition) is 17. The molecule has 1 spiro atoms. The number of cyclic esters (lactones) is 1. The second-order valence-corrected chi connectivity index (χ2v) is 20.5. The summed E-state index contributed by atoms with van der Waals surface area (Å²) >= 11 is 0. The molecule has 7 unspecified atom stereocenters. The SMILES string of the molecule is O=C1OCC2OC(=O)c3cc(O)c(O)c(O)c3-c3c(O)c(O)c(O)c4c3C(=O)OC(C2OC(=O)c2cc(O)c(O)c(O)c2-c2c1cc(O)c(O)c2O)C1OC(=O)C2C4=C(O)C(=O)C23Oc2cc(O)c4c(c2C13)O[C@H](c1ccc(O)c(O)c1)[C@@H](O)C4. The molecular formula is C55H36O30. The molecule has 7 aliphatic heterocycles. The van der Waals surface area contributed by atoms with Crippen molar-refractivity contribution < 1.29 is 149 Å². The number of phenols is 15. The summed E-state index contributed by atoms with van der Waals surface area (Å²) in [5, 5.41) is 192. The number of carbonyl (C=O) groups is 6. The molecule has 8 aliphatic rings. The summed E-state index contributed by atoms with van der Waals surface area (Å²) in [4.78, 5) is 91.7. The van der Waals surface area contributed by atoms with Crippen molar-refractivity contribution >= 4 is 41.2 Å². The Morgan fingerprint density at radius 2 is 1.00 bits per heavy atom. The lowest BCUT2D eigenvalue weighted by molar-refractivity contribution is -0.200. The number of hydrogen-bond acceptors (Lipinski definition) is 30. The first-order valence-corrected chi connectivity index (χ1v) is 24.8. The van der Waals surface area contributed by atoms with Crippen LogP contribution in [-0.4, -0.2) is 165 Å². The van der Waals surface area contributed by atoms with Gasteiger partial charge in [0.2, 0.25) is 34.4 Å². The van der Waals surface area contributed by atoms with E-state index < -0.39 is 267 Å². The van der Waals surface area contributed by atoms with E-state index in [2.05, 4.69) is 0 Å². The van der Waals surface area contributed by atoms with Crippen molar-refractivity contribution in [3.8, 4) is 120 Å². The number of carbonyl (C=O) groups excluding carboxylic acids is 6. The minimum absolute atomic E-state index is 0.0522. The van der Waals surface area contributed by atoms with E-state index in [1.165, 1.54) is 6.07 Å². The molecule has 9 atom stereocenters. The third-order valence-corrected chi connectivity index (χ3v) is 16.1. The maximum atomic E-state index is 15.8. The van der Waals surface area contributed by atoms with Crippen molar-refractivity contribution in [3.05, 3.63) is 92.7 Å². The van der Waals surface area contributed by atoms with E-state index in [0.29, 0.717) is 18.2 Å². The third-order valence-electron chi connectivity index (χ3n) is 16.1. The van der Waals surface area contributed by atoms with Gasteiger partial charge in [0.25, 0.3) is 0 Å². The van der Waals surface area contributed by atoms with E-state index in [0.717, 1.165) is 18.2 Å². The number of phenolic OH excluding ortho intramolecular Hbond substituents is 15. The van der Waals surface area contributed by atoms with E-state index in [1.54, 1.807) is 0 Å². The summed E-state index contributed by atoms with van der Waals surface area (Å²) in [5.74, 6) is -39.1. The molecule has 30 heteroatoms. The van der Waals surface area contributed by atoms with Gasteiger partial charge in [-0.3, -0.25) is 9.59 Å². The Kier molecular flexibility index (Phi) is 10.9. The fourth-order valence-corrected chi connectivity index (χ4v) is 12.4. The highest BCUT2D eigenvalue weighted by Crippen LogP contribution is 2.68. The Balaban J connectivity index is 1.15. The smallest absolute Gasteiger partial charge is 0.340 e. The summed E-state index contributed by atoms with van der Waals surface area (Å²) in [5.41, 5.74) is -16.7.